The van der Waals surface area contributed by atoms with Gasteiger partial charge in [0.2, 0.25) is 0 Å². The lowest BCUT2D eigenvalue weighted by Crippen LogP contribution is -2.43. The number of urea groups is 1. The average molecular weight is 394 g/mol. The van der Waals surface area contributed by atoms with Gasteiger partial charge in [-0.15, -0.1) is 0 Å². The zero-order valence-electron chi connectivity index (χ0n) is 16.0. The predicted octanol–water partition coefficient (Wildman–Crippen LogP) is 3.79. The Morgan fingerprint density at radius 2 is 1.97 bits per heavy atom. The molecule has 3 aromatic rings. The number of hydrogen-bond donors (Lipinski definition) is 3. The van der Waals surface area contributed by atoms with E-state index in [-0.39, 0.29) is 11.8 Å². The molecule has 2 aliphatic heterocycles. The fraction of sp³-hybridized carbons (Fsp3) is 0.333. The summed E-state index contributed by atoms with van der Waals surface area (Å²) in [5.74, 6) is -0.233. The molecule has 1 fully saturated rings. The van der Waals surface area contributed by atoms with E-state index in [4.69, 9.17) is 0 Å². The van der Waals surface area contributed by atoms with E-state index in [1.807, 2.05) is 24.3 Å². The normalized spacial score (nSPS) is 16.2. The molecular weight excluding hydrogens is 371 g/mol. The first-order valence-electron chi connectivity index (χ1n) is 10.0. The topological polar surface area (TPSA) is 76.3 Å². The van der Waals surface area contributed by atoms with Crippen molar-refractivity contribution in [2.45, 2.75) is 25.7 Å². The zero-order chi connectivity index (χ0) is 19.8. The van der Waals surface area contributed by atoms with Gasteiger partial charge in [0, 0.05) is 31.1 Å². The van der Waals surface area contributed by atoms with Crippen LogP contribution in [0.2, 0.25) is 0 Å². The lowest BCUT2D eigenvalue weighted by atomic mass is 10.1. The van der Waals surface area contributed by atoms with E-state index < -0.39 is 0 Å². The number of anilines is 3. The number of benzene rings is 2. The third-order valence-electron chi connectivity index (χ3n) is 5.71. The number of halogens is 1. The Kier molecular flexibility index (Phi) is 4.46. The van der Waals surface area contributed by atoms with Crippen molar-refractivity contribution >= 4 is 34.0 Å². The minimum atomic E-state index is -0.368. The minimum Gasteiger partial charge on any atom is -0.369 e. The van der Waals surface area contributed by atoms with Gasteiger partial charge < -0.3 is 10.2 Å². The number of fused-ring (bicyclic) bond motifs is 2. The van der Waals surface area contributed by atoms with Crippen molar-refractivity contribution in [3.63, 3.8) is 0 Å². The molecule has 1 aromatic heterocycles. The Morgan fingerprint density at radius 1 is 1.10 bits per heavy atom. The Labute approximate surface area is 167 Å². The smallest absolute Gasteiger partial charge is 0.338 e. The second-order valence-corrected chi connectivity index (χ2v) is 7.58. The van der Waals surface area contributed by atoms with Gasteiger partial charge in [-0.2, -0.15) is 5.10 Å². The van der Waals surface area contributed by atoms with Crippen molar-refractivity contribution in [3.05, 3.63) is 47.9 Å². The molecule has 0 atom stereocenters. The molecule has 2 aliphatic rings. The first-order valence-corrected chi connectivity index (χ1v) is 10.0. The van der Waals surface area contributed by atoms with Crippen molar-refractivity contribution < 1.29 is 9.18 Å². The largest absolute Gasteiger partial charge is 0.369 e. The lowest BCUT2D eigenvalue weighted by molar-refractivity contribution is 0.251. The summed E-state index contributed by atoms with van der Waals surface area (Å²) in [4.78, 5) is 14.7. The van der Waals surface area contributed by atoms with Gasteiger partial charge in [-0.25, -0.2) is 14.6 Å². The summed E-state index contributed by atoms with van der Waals surface area (Å²) in [6.45, 7) is 2.42. The van der Waals surface area contributed by atoms with Crippen LogP contribution >= 0.6 is 0 Å². The Balaban J connectivity index is 1.32. The van der Waals surface area contributed by atoms with Gasteiger partial charge >= 0.3 is 6.03 Å². The Hall–Kier alpha value is -3.29. The number of piperidine rings is 1. The number of H-pyrrole nitrogens is 1. The summed E-state index contributed by atoms with van der Waals surface area (Å²) < 4.78 is 14.8. The second-order valence-electron chi connectivity index (χ2n) is 7.58. The maximum Gasteiger partial charge on any atom is 0.338 e. The molecule has 8 heteroatoms. The number of carbonyl (C=O) groups excluding carboxylic acids is 1. The third-order valence-corrected chi connectivity index (χ3v) is 5.71. The minimum absolute atomic E-state index is 0.233. The number of amides is 2. The quantitative estimate of drug-likeness (QED) is 0.632. The van der Waals surface area contributed by atoms with Gasteiger partial charge in [0.15, 0.2) is 0 Å². The molecule has 0 unspecified atom stereocenters. The summed E-state index contributed by atoms with van der Waals surface area (Å²) in [6.07, 6.45) is 5.87. The molecule has 7 nitrogen and oxygen atoms in total. The van der Waals surface area contributed by atoms with E-state index in [1.165, 1.54) is 6.42 Å². The van der Waals surface area contributed by atoms with Crippen LogP contribution in [0.15, 0.2) is 36.5 Å². The Bertz CT molecular complexity index is 1060. The van der Waals surface area contributed by atoms with E-state index in [0.717, 1.165) is 54.5 Å². The highest BCUT2D eigenvalue weighted by Gasteiger charge is 2.25. The molecule has 0 saturated carbocycles. The monoisotopic (exact) mass is 394 g/mol. The van der Waals surface area contributed by atoms with Crippen LogP contribution in [0.4, 0.5) is 26.2 Å². The molecule has 0 radical (unpaired) electrons. The van der Waals surface area contributed by atoms with Crippen LogP contribution in [-0.2, 0) is 6.42 Å². The summed E-state index contributed by atoms with van der Waals surface area (Å²) in [7, 11) is 0. The number of nitrogens with zero attached hydrogens (tertiary/aromatic N) is 3. The summed E-state index contributed by atoms with van der Waals surface area (Å²) in [5.41, 5.74) is 6.82. The molecule has 0 bridgehead atoms. The van der Waals surface area contributed by atoms with Gasteiger partial charge in [0.25, 0.3) is 0 Å². The molecule has 29 heavy (non-hydrogen) atoms. The highest BCUT2D eigenvalue weighted by atomic mass is 19.1. The predicted molar refractivity (Wildman–Crippen MR) is 112 cm³/mol. The highest BCUT2D eigenvalue weighted by Crippen LogP contribution is 2.34. The Morgan fingerprint density at radius 3 is 2.83 bits per heavy atom. The van der Waals surface area contributed by atoms with Crippen molar-refractivity contribution in [1.82, 2.24) is 15.6 Å². The van der Waals surface area contributed by atoms with E-state index in [1.54, 1.807) is 17.3 Å². The highest BCUT2D eigenvalue weighted by molar-refractivity contribution is 6.00. The number of hydrogen-bond acceptors (Lipinski definition) is 4. The molecule has 2 aromatic carbocycles. The standard InChI is InChI=1S/C21H23FN6O/c22-16-12-19-14(11-20(16)27-8-2-1-3-9-27)7-10-28(19)26-21(29)24-17-5-4-6-18-15(17)13-23-25-18/h4-6,11-13H,1-3,7-10H2,(H,23,25)(H2,24,26,29). The fourth-order valence-electron chi connectivity index (χ4n) is 4.24. The SMILES string of the molecule is O=C(Nc1cccc2[nH]ncc12)NN1CCc2cc(N3CCCCC3)c(F)cc21. The van der Waals surface area contributed by atoms with Crippen LogP contribution in [0.25, 0.3) is 10.9 Å². The van der Waals surface area contributed by atoms with Crippen molar-refractivity contribution in [1.29, 1.82) is 0 Å². The van der Waals surface area contributed by atoms with Gasteiger partial charge in [-0.1, -0.05) is 6.07 Å². The van der Waals surface area contributed by atoms with Gasteiger partial charge in [-0.3, -0.25) is 10.1 Å². The fourth-order valence-corrected chi connectivity index (χ4v) is 4.24. The van der Waals surface area contributed by atoms with Gasteiger partial charge in [-0.05, 0) is 49.4 Å². The number of aromatic nitrogens is 2. The molecule has 0 aliphatic carbocycles. The van der Waals surface area contributed by atoms with Crippen LogP contribution in [0.1, 0.15) is 24.8 Å². The second kappa shape index (κ2) is 7.27. The number of carbonyl (C=O) groups is 1. The number of nitrogens with one attached hydrogen (secondary N) is 3. The van der Waals surface area contributed by atoms with Crippen LogP contribution < -0.4 is 20.7 Å². The van der Waals surface area contributed by atoms with Crippen molar-refractivity contribution in [3.8, 4) is 0 Å². The first-order chi connectivity index (χ1) is 14.2. The van der Waals surface area contributed by atoms with Crippen LogP contribution in [0.3, 0.4) is 0 Å². The molecule has 0 spiro atoms. The maximum absolute atomic E-state index is 14.8. The van der Waals surface area contributed by atoms with E-state index in [9.17, 15) is 9.18 Å². The third kappa shape index (κ3) is 3.35. The lowest BCUT2D eigenvalue weighted by Gasteiger charge is -2.30. The summed E-state index contributed by atoms with van der Waals surface area (Å²) in [6, 6.07) is 8.68. The molecular formula is C21H23FN6O. The van der Waals surface area contributed by atoms with Gasteiger partial charge in [0.05, 0.1) is 28.8 Å². The number of rotatable bonds is 3. The van der Waals surface area contributed by atoms with E-state index in [0.29, 0.717) is 17.9 Å². The summed E-state index contributed by atoms with van der Waals surface area (Å²) >= 11 is 0. The van der Waals surface area contributed by atoms with Gasteiger partial charge in [0.1, 0.15) is 5.82 Å². The van der Waals surface area contributed by atoms with Crippen LogP contribution in [0, 0.1) is 5.82 Å². The van der Waals surface area contributed by atoms with E-state index in [2.05, 4.69) is 25.8 Å². The zero-order valence-corrected chi connectivity index (χ0v) is 16.0. The molecule has 3 N–H and O–H groups in total. The first kappa shape index (κ1) is 17.8. The molecule has 150 valence electrons. The number of hydrazine groups is 1. The summed E-state index contributed by atoms with van der Waals surface area (Å²) in [5, 5.41) is 12.3. The molecule has 1 saturated heterocycles. The molecule has 2 amide bonds. The molecule has 5 rings (SSSR count). The van der Waals surface area contributed by atoms with Crippen molar-refractivity contribution in [2.75, 3.05) is 34.9 Å². The van der Waals surface area contributed by atoms with Crippen molar-refractivity contribution in [2.24, 2.45) is 0 Å². The maximum atomic E-state index is 14.8. The van der Waals surface area contributed by atoms with Crippen LogP contribution in [-0.4, -0.2) is 35.9 Å². The molecule has 3 heterocycles. The average Bonchev–Trinajstić information content (AvgIpc) is 3.36. The van der Waals surface area contributed by atoms with Crippen LogP contribution in [0.5, 0.6) is 0 Å². The number of aromatic amines is 1. The van der Waals surface area contributed by atoms with E-state index >= 15 is 0 Å².